The van der Waals surface area contributed by atoms with Crippen LogP contribution in [0.2, 0.25) is 0 Å². The molecule has 0 aromatic rings. The summed E-state index contributed by atoms with van der Waals surface area (Å²) in [6, 6.07) is -0.857. The number of phosphoric ester groups is 1. The number of hydrogen-bond acceptors (Lipinski definition) is 6. The number of likely N-dealkylation sites (N-methyl/N-ethyl adjacent to an activating group) is 1. The maximum absolute atomic E-state index is 13.5. The number of allylic oxidation sites excluding steroid dienone is 9. The van der Waals surface area contributed by atoms with Gasteiger partial charge >= 0.3 is 13.8 Å². The van der Waals surface area contributed by atoms with Gasteiger partial charge in [-0.15, -0.1) is 0 Å². The van der Waals surface area contributed by atoms with Crippen molar-refractivity contribution in [2.45, 2.75) is 283 Å². The Morgan fingerprint density at radius 1 is 0.500 bits per heavy atom. The highest BCUT2D eigenvalue weighted by Gasteiger charge is 2.30. The molecule has 2 N–H and O–H groups in total. The van der Waals surface area contributed by atoms with Crippen LogP contribution in [0.4, 0.5) is 0 Å². The standard InChI is InChI=1S/C62H115N2O7P/c1-7-10-13-16-19-22-25-27-29-30-31-32-33-34-35-36-39-42-45-48-51-54-61(65)63-59(58-70-72(67,68)69-57-56-64(4,5)6)60(53-50-47-44-41-38-24-21-18-15-12-9-3)71-62(66)55-52-49-46-43-40-37-28-26-23-20-17-14-11-8-2/h11,14,20,23,27-29,37,50,53,59-60H,7-10,12-13,15-19,21-22,24-26,30-36,38-49,51-52,54-58H2,1-6H3,(H-,63,65,67,68)/p+1/b14-11+,23-20+,29-27+,37-28+,53-50-. The molecule has 72 heavy (non-hydrogen) atoms. The lowest BCUT2D eigenvalue weighted by Gasteiger charge is -2.27. The van der Waals surface area contributed by atoms with E-state index in [0.29, 0.717) is 23.9 Å². The van der Waals surface area contributed by atoms with Crippen molar-refractivity contribution in [1.82, 2.24) is 5.32 Å². The third-order valence-electron chi connectivity index (χ3n) is 13.2. The monoisotopic (exact) mass is 1030 g/mol. The third-order valence-corrected chi connectivity index (χ3v) is 14.2. The summed E-state index contributed by atoms with van der Waals surface area (Å²) in [7, 11) is 1.48. The SMILES string of the molecule is CC/C=C/C/C=C/C/C=C/CCCCCCC(=O)OC(/C=C\CCCCCCCCCCC)C(COP(=O)(O)OCC[N+](C)(C)C)NC(=O)CCCCCCCCCCCCC/C=C/CCCCCCCC. The molecule has 3 unspecified atom stereocenters. The summed E-state index contributed by atoms with van der Waals surface area (Å²) in [5, 5.41) is 3.05. The molecule has 0 rings (SSSR count). The van der Waals surface area contributed by atoms with Crippen LogP contribution in [-0.2, 0) is 27.9 Å². The van der Waals surface area contributed by atoms with E-state index in [4.69, 9.17) is 13.8 Å². The minimum atomic E-state index is -4.45. The molecule has 3 atom stereocenters. The van der Waals surface area contributed by atoms with Crippen molar-refractivity contribution in [1.29, 1.82) is 0 Å². The second kappa shape index (κ2) is 52.2. The summed E-state index contributed by atoms with van der Waals surface area (Å²) >= 11 is 0. The Bertz CT molecular complexity index is 1420. The Morgan fingerprint density at radius 2 is 0.889 bits per heavy atom. The van der Waals surface area contributed by atoms with Crippen LogP contribution in [0.3, 0.4) is 0 Å². The number of hydrogen-bond donors (Lipinski definition) is 2. The average Bonchev–Trinajstić information content (AvgIpc) is 3.34. The molecule has 9 nitrogen and oxygen atoms in total. The molecule has 420 valence electrons. The van der Waals surface area contributed by atoms with E-state index in [1.807, 2.05) is 33.3 Å². The molecule has 10 heteroatoms. The number of amides is 1. The van der Waals surface area contributed by atoms with Gasteiger partial charge in [-0.1, -0.05) is 230 Å². The van der Waals surface area contributed by atoms with Crippen molar-refractivity contribution < 1.29 is 37.3 Å². The minimum absolute atomic E-state index is 0.0354. The van der Waals surface area contributed by atoms with Crippen LogP contribution in [-0.4, -0.2) is 74.3 Å². The summed E-state index contributed by atoms with van der Waals surface area (Å²) in [4.78, 5) is 37.6. The summed E-state index contributed by atoms with van der Waals surface area (Å²) in [6.07, 6.45) is 65.1. The summed E-state index contributed by atoms with van der Waals surface area (Å²) in [5.41, 5.74) is 0. The first-order valence-electron chi connectivity index (χ1n) is 30.1. The van der Waals surface area contributed by atoms with E-state index in [2.05, 4.69) is 74.7 Å². The highest BCUT2D eigenvalue weighted by Crippen LogP contribution is 2.43. The number of esters is 1. The van der Waals surface area contributed by atoms with E-state index < -0.39 is 20.0 Å². The number of carbonyl (C=O) groups is 2. The number of phosphoric acid groups is 1. The van der Waals surface area contributed by atoms with Crippen molar-refractivity contribution >= 4 is 19.7 Å². The molecular formula is C62H116N2O7P+. The maximum atomic E-state index is 13.5. The highest BCUT2D eigenvalue weighted by atomic mass is 31.2. The van der Waals surface area contributed by atoms with Gasteiger partial charge in [0, 0.05) is 12.8 Å². The molecule has 0 spiro atoms. The minimum Gasteiger partial charge on any atom is -0.456 e. The molecule has 0 bridgehead atoms. The van der Waals surface area contributed by atoms with Gasteiger partial charge in [-0.05, 0) is 89.5 Å². The Hall–Kier alpha value is -2.29. The summed E-state index contributed by atoms with van der Waals surface area (Å²) in [6.45, 7) is 6.88. The average molecular weight is 1030 g/mol. The normalized spacial score (nSPS) is 14.2. The second-order valence-electron chi connectivity index (χ2n) is 21.5. The highest BCUT2D eigenvalue weighted by molar-refractivity contribution is 7.47. The fraction of sp³-hybridized carbons (Fsp3) is 0.806. The first-order chi connectivity index (χ1) is 34.9. The van der Waals surface area contributed by atoms with E-state index in [0.717, 1.165) is 83.5 Å². The van der Waals surface area contributed by atoms with Crippen LogP contribution < -0.4 is 5.32 Å². The molecule has 0 aliphatic rings. The molecule has 0 radical (unpaired) electrons. The van der Waals surface area contributed by atoms with Crippen LogP contribution in [0, 0.1) is 0 Å². The number of nitrogens with zero attached hydrogens (tertiary/aromatic N) is 1. The van der Waals surface area contributed by atoms with Gasteiger partial charge in [0.1, 0.15) is 19.3 Å². The molecule has 0 aromatic carbocycles. The fourth-order valence-corrected chi connectivity index (χ4v) is 9.27. The number of rotatable bonds is 54. The third kappa shape index (κ3) is 52.6. The van der Waals surface area contributed by atoms with Crippen LogP contribution in [0.1, 0.15) is 271 Å². The number of unbranched alkanes of at least 4 members (excludes halogenated alkanes) is 30. The Labute approximate surface area is 445 Å². The molecule has 0 heterocycles. The van der Waals surface area contributed by atoms with Gasteiger partial charge in [-0.2, -0.15) is 0 Å². The second-order valence-corrected chi connectivity index (χ2v) is 22.9. The molecule has 1 amide bonds. The van der Waals surface area contributed by atoms with Crippen molar-refractivity contribution in [3.8, 4) is 0 Å². The summed E-state index contributed by atoms with van der Waals surface area (Å²) in [5.74, 6) is -0.529. The number of quaternary nitrogens is 1. The topological polar surface area (TPSA) is 111 Å². The van der Waals surface area contributed by atoms with Crippen LogP contribution in [0.25, 0.3) is 0 Å². The largest absolute Gasteiger partial charge is 0.472 e. The lowest BCUT2D eigenvalue weighted by molar-refractivity contribution is -0.870. The van der Waals surface area contributed by atoms with Crippen molar-refractivity contribution in [3.63, 3.8) is 0 Å². The smallest absolute Gasteiger partial charge is 0.456 e. The van der Waals surface area contributed by atoms with Crippen molar-refractivity contribution in [2.24, 2.45) is 0 Å². The fourth-order valence-electron chi connectivity index (χ4n) is 8.54. The number of carbonyl (C=O) groups excluding carboxylic acids is 2. The Balaban J connectivity index is 5.21. The van der Waals surface area contributed by atoms with Crippen LogP contribution in [0.15, 0.2) is 60.8 Å². The van der Waals surface area contributed by atoms with Crippen molar-refractivity contribution in [2.75, 3.05) is 40.9 Å². The van der Waals surface area contributed by atoms with E-state index in [9.17, 15) is 19.0 Å². The Morgan fingerprint density at radius 3 is 1.35 bits per heavy atom. The van der Waals surface area contributed by atoms with Gasteiger partial charge in [-0.25, -0.2) is 4.57 Å². The van der Waals surface area contributed by atoms with Gasteiger partial charge in [0.15, 0.2) is 0 Å². The first kappa shape index (κ1) is 69.7. The zero-order chi connectivity index (χ0) is 52.9. The Kier molecular flexibility index (Phi) is 50.5. The lowest BCUT2D eigenvalue weighted by atomic mass is 10.0. The zero-order valence-electron chi connectivity index (χ0n) is 47.9. The van der Waals surface area contributed by atoms with Gasteiger partial charge in [0.25, 0.3) is 0 Å². The molecular weight excluding hydrogens is 916 g/mol. The zero-order valence-corrected chi connectivity index (χ0v) is 48.8. The molecule has 0 aromatic heterocycles. The molecule has 0 fully saturated rings. The quantitative estimate of drug-likeness (QED) is 0.0205. The van der Waals surface area contributed by atoms with E-state index >= 15 is 0 Å². The van der Waals surface area contributed by atoms with Crippen LogP contribution >= 0.6 is 7.82 Å². The van der Waals surface area contributed by atoms with Gasteiger partial charge in [0.2, 0.25) is 5.91 Å². The van der Waals surface area contributed by atoms with E-state index in [1.54, 1.807) is 0 Å². The number of nitrogens with one attached hydrogen (secondary N) is 1. The molecule has 0 aliphatic carbocycles. The first-order valence-corrected chi connectivity index (χ1v) is 31.6. The number of ether oxygens (including phenoxy) is 1. The predicted molar refractivity (Wildman–Crippen MR) is 309 cm³/mol. The summed E-state index contributed by atoms with van der Waals surface area (Å²) < 4.78 is 30.6. The molecule has 0 saturated carbocycles. The molecule has 0 saturated heterocycles. The predicted octanol–water partition coefficient (Wildman–Crippen LogP) is 18.3. The van der Waals surface area contributed by atoms with E-state index in [1.165, 1.54) is 148 Å². The maximum Gasteiger partial charge on any atom is 0.472 e. The van der Waals surface area contributed by atoms with E-state index in [-0.39, 0.29) is 31.5 Å². The lowest BCUT2D eigenvalue weighted by Crippen LogP contribution is -2.47. The van der Waals surface area contributed by atoms with Gasteiger partial charge < -0.3 is 19.4 Å². The van der Waals surface area contributed by atoms with Gasteiger partial charge in [0.05, 0.1) is 33.8 Å². The molecule has 0 aliphatic heterocycles. The van der Waals surface area contributed by atoms with Crippen LogP contribution in [0.5, 0.6) is 0 Å². The van der Waals surface area contributed by atoms with Gasteiger partial charge in [-0.3, -0.25) is 18.6 Å². The van der Waals surface area contributed by atoms with Crippen molar-refractivity contribution in [3.05, 3.63) is 60.8 Å².